The number of ether oxygens (including phenoxy) is 1. The zero-order valence-corrected chi connectivity index (χ0v) is 27.0. The topological polar surface area (TPSA) is 124 Å². The third-order valence-corrected chi connectivity index (χ3v) is 8.17. The number of aromatic nitrogens is 3. The predicted molar refractivity (Wildman–Crippen MR) is 169 cm³/mol. The quantitative estimate of drug-likeness (QED) is 0.161. The molecule has 0 spiro atoms. The number of esters is 1. The summed E-state index contributed by atoms with van der Waals surface area (Å²) >= 11 is 3.60. The molecule has 1 aliphatic rings. The molecule has 0 unspecified atom stereocenters. The van der Waals surface area contributed by atoms with Gasteiger partial charge in [-0.3, -0.25) is 23.9 Å². The molecule has 0 bridgehead atoms. The van der Waals surface area contributed by atoms with E-state index < -0.39 is 10.1 Å². The van der Waals surface area contributed by atoms with Crippen LogP contribution in [0.25, 0.3) is 5.69 Å². The minimum Gasteiger partial charge on any atom is -0.466 e. The van der Waals surface area contributed by atoms with Crippen molar-refractivity contribution in [3.8, 4) is 5.69 Å². The van der Waals surface area contributed by atoms with Crippen LogP contribution in [-0.2, 0) is 19.6 Å². The number of pyridine rings is 1. The van der Waals surface area contributed by atoms with Crippen molar-refractivity contribution >= 4 is 37.7 Å². The number of halogens is 1. The highest BCUT2D eigenvalue weighted by molar-refractivity contribution is 9.10. The molecule has 0 fully saturated rings. The zero-order valence-electron chi connectivity index (χ0n) is 24.6. The first-order valence-corrected chi connectivity index (χ1v) is 16.2. The van der Waals surface area contributed by atoms with Gasteiger partial charge in [0, 0.05) is 34.5 Å². The standard InChI is InChI=1S/C25H27BrN4O2.C7H8O3S/c1-16(2)11-13-32-23(31)10-8-21-25-28-15-17(3)30(25)22-9-7-18(26)14-19(22)24(29-21)20-6-4-5-12-27-20;1-6-2-4-7(5-3-6)11(8,9)10/h4-7,9,12,14-16,21H,8,10-11,13H2,1-3H3;2-5H,1H3,(H,8,9,10)/t21-;/m0./s1. The Labute approximate surface area is 261 Å². The van der Waals surface area contributed by atoms with Crippen LogP contribution in [-0.4, -0.2) is 45.8 Å². The Hall–Kier alpha value is -3.67. The zero-order chi connectivity index (χ0) is 31.1. The maximum Gasteiger partial charge on any atom is 0.305 e. The lowest BCUT2D eigenvalue weighted by atomic mass is 10.0. The highest BCUT2D eigenvalue weighted by Gasteiger charge is 2.28. The average Bonchev–Trinajstić information content (AvgIpc) is 3.27. The Kier molecular flexibility index (Phi) is 10.6. The van der Waals surface area contributed by atoms with Crippen molar-refractivity contribution in [3.63, 3.8) is 0 Å². The minimum atomic E-state index is -4.02. The van der Waals surface area contributed by atoms with E-state index in [0.717, 1.165) is 50.6 Å². The fraction of sp³-hybridized carbons (Fsp3) is 0.312. The van der Waals surface area contributed by atoms with Crippen LogP contribution in [0, 0.1) is 19.8 Å². The number of hydrogen-bond acceptors (Lipinski definition) is 7. The second kappa shape index (κ2) is 14.2. The van der Waals surface area contributed by atoms with Crippen LogP contribution in [0.2, 0.25) is 0 Å². The van der Waals surface area contributed by atoms with E-state index in [9.17, 15) is 13.2 Å². The lowest BCUT2D eigenvalue weighted by molar-refractivity contribution is -0.144. The van der Waals surface area contributed by atoms with Gasteiger partial charge in [-0.2, -0.15) is 8.42 Å². The van der Waals surface area contributed by atoms with Gasteiger partial charge in [0.25, 0.3) is 10.1 Å². The highest BCUT2D eigenvalue weighted by atomic mass is 79.9. The number of aliphatic imine (C=N–C) groups is 1. The monoisotopic (exact) mass is 666 g/mol. The van der Waals surface area contributed by atoms with E-state index in [1.54, 1.807) is 18.3 Å². The molecule has 0 saturated carbocycles. The number of rotatable bonds is 8. The maximum atomic E-state index is 12.4. The Morgan fingerprint density at radius 1 is 1.07 bits per heavy atom. The first-order valence-electron chi connectivity index (χ1n) is 14.0. The Bertz CT molecular complexity index is 1700. The summed E-state index contributed by atoms with van der Waals surface area (Å²) in [7, 11) is -4.02. The van der Waals surface area contributed by atoms with Crippen molar-refractivity contribution in [2.24, 2.45) is 10.9 Å². The van der Waals surface area contributed by atoms with E-state index in [4.69, 9.17) is 14.3 Å². The third-order valence-electron chi connectivity index (χ3n) is 6.81. The molecule has 4 aromatic rings. The number of nitrogens with zero attached hydrogens (tertiary/aromatic N) is 4. The number of benzene rings is 2. The Morgan fingerprint density at radius 3 is 2.47 bits per heavy atom. The Balaban J connectivity index is 0.000000324. The molecule has 226 valence electrons. The van der Waals surface area contributed by atoms with Crippen molar-refractivity contribution in [3.05, 3.63) is 106 Å². The summed E-state index contributed by atoms with van der Waals surface area (Å²) in [5.41, 5.74) is 5.54. The lowest BCUT2D eigenvalue weighted by Crippen LogP contribution is -2.11. The smallest absolute Gasteiger partial charge is 0.305 e. The molecule has 1 aliphatic heterocycles. The van der Waals surface area contributed by atoms with Gasteiger partial charge in [0.1, 0.15) is 11.9 Å². The SMILES string of the molecule is Cc1ccc(S(=O)(=O)O)cc1.Cc1cnc2n1-c1ccc(Br)cc1C(c1ccccn1)=N[C@H]2CCC(=O)OCCC(C)C. The number of carbonyl (C=O) groups is 1. The molecule has 1 N–H and O–H groups in total. The van der Waals surface area contributed by atoms with Gasteiger partial charge in [0.05, 0.1) is 28.6 Å². The Morgan fingerprint density at radius 2 is 1.81 bits per heavy atom. The van der Waals surface area contributed by atoms with E-state index in [2.05, 4.69) is 56.4 Å². The molecule has 3 heterocycles. The fourth-order valence-corrected chi connectivity index (χ4v) is 5.37. The van der Waals surface area contributed by atoms with Crippen LogP contribution in [0.1, 0.15) is 67.5 Å². The number of fused-ring (bicyclic) bond motifs is 3. The van der Waals surface area contributed by atoms with Crippen molar-refractivity contribution in [1.82, 2.24) is 14.5 Å². The van der Waals surface area contributed by atoms with Crippen LogP contribution in [0.5, 0.6) is 0 Å². The van der Waals surface area contributed by atoms with E-state index in [1.165, 1.54) is 12.1 Å². The molecule has 2 aromatic carbocycles. The molecule has 2 aromatic heterocycles. The number of hydrogen-bond donors (Lipinski definition) is 1. The largest absolute Gasteiger partial charge is 0.466 e. The molecule has 0 radical (unpaired) electrons. The van der Waals surface area contributed by atoms with Crippen LogP contribution < -0.4 is 0 Å². The number of imidazole rings is 1. The summed E-state index contributed by atoms with van der Waals surface area (Å²) in [6, 6.07) is 17.7. The summed E-state index contributed by atoms with van der Waals surface area (Å²) in [5.74, 6) is 1.13. The average molecular weight is 668 g/mol. The molecular weight excluding hydrogens is 632 g/mol. The molecule has 9 nitrogen and oxygen atoms in total. The van der Waals surface area contributed by atoms with Gasteiger partial charge >= 0.3 is 5.97 Å². The normalized spacial score (nSPS) is 14.1. The molecule has 0 aliphatic carbocycles. The van der Waals surface area contributed by atoms with E-state index in [1.807, 2.05) is 44.3 Å². The molecule has 11 heteroatoms. The lowest BCUT2D eigenvalue weighted by Gasteiger charge is -2.14. The number of carbonyl (C=O) groups excluding carboxylic acids is 1. The number of aryl methyl sites for hydroxylation is 2. The van der Waals surface area contributed by atoms with Crippen molar-refractivity contribution in [2.75, 3.05) is 6.61 Å². The van der Waals surface area contributed by atoms with Gasteiger partial charge in [-0.15, -0.1) is 0 Å². The third kappa shape index (κ3) is 8.46. The molecule has 43 heavy (non-hydrogen) atoms. The fourth-order valence-electron chi connectivity index (χ4n) is 4.53. The maximum absolute atomic E-state index is 12.4. The summed E-state index contributed by atoms with van der Waals surface area (Å²) in [6.07, 6.45) is 5.29. The molecule has 5 rings (SSSR count). The summed E-state index contributed by atoms with van der Waals surface area (Å²) in [6.45, 7) is 8.56. The van der Waals surface area contributed by atoms with Crippen LogP contribution in [0.15, 0.2) is 87.4 Å². The van der Waals surface area contributed by atoms with Gasteiger partial charge in [0.2, 0.25) is 0 Å². The summed E-state index contributed by atoms with van der Waals surface area (Å²) in [5, 5.41) is 0. The van der Waals surface area contributed by atoms with Gasteiger partial charge in [-0.25, -0.2) is 4.98 Å². The second-order valence-corrected chi connectivity index (χ2v) is 13.0. The van der Waals surface area contributed by atoms with Crippen molar-refractivity contribution in [2.45, 2.75) is 57.9 Å². The second-order valence-electron chi connectivity index (χ2n) is 10.7. The van der Waals surface area contributed by atoms with Gasteiger partial charge < -0.3 is 4.74 Å². The van der Waals surface area contributed by atoms with Crippen molar-refractivity contribution < 1.29 is 22.5 Å². The van der Waals surface area contributed by atoms with Gasteiger partial charge in [-0.05, 0) is 75.1 Å². The summed E-state index contributed by atoms with van der Waals surface area (Å²) < 4.78 is 38.1. The van der Waals surface area contributed by atoms with Crippen molar-refractivity contribution in [1.29, 1.82) is 0 Å². The van der Waals surface area contributed by atoms with E-state index in [-0.39, 0.29) is 23.3 Å². The predicted octanol–water partition coefficient (Wildman–Crippen LogP) is 6.84. The molecular formula is C32H35BrN4O5S. The molecule has 0 amide bonds. The first-order chi connectivity index (χ1) is 20.4. The summed E-state index contributed by atoms with van der Waals surface area (Å²) in [4.78, 5) is 26.7. The minimum absolute atomic E-state index is 0.0666. The molecule has 1 atom stereocenters. The van der Waals surface area contributed by atoms with Crippen LogP contribution >= 0.6 is 15.9 Å². The van der Waals surface area contributed by atoms with E-state index in [0.29, 0.717) is 18.9 Å². The van der Waals surface area contributed by atoms with E-state index >= 15 is 0 Å². The van der Waals surface area contributed by atoms with Gasteiger partial charge in [-0.1, -0.05) is 53.5 Å². The molecule has 0 saturated heterocycles. The first kappa shape index (κ1) is 32.2. The highest BCUT2D eigenvalue weighted by Crippen LogP contribution is 2.34. The van der Waals surface area contributed by atoms with Crippen LogP contribution in [0.3, 0.4) is 0 Å². The van der Waals surface area contributed by atoms with Crippen LogP contribution in [0.4, 0.5) is 0 Å². The van der Waals surface area contributed by atoms with Gasteiger partial charge in [0.15, 0.2) is 0 Å².